The number of aromatic hydroxyl groups is 1. The lowest BCUT2D eigenvalue weighted by molar-refractivity contribution is 0.0774. The highest BCUT2D eigenvalue weighted by Crippen LogP contribution is 2.48. The van der Waals surface area contributed by atoms with Crippen LogP contribution in [-0.2, 0) is 6.42 Å². The lowest BCUT2D eigenvalue weighted by atomic mass is 9.91. The van der Waals surface area contributed by atoms with Gasteiger partial charge >= 0.3 is 0 Å². The minimum Gasteiger partial charge on any atom is -0.505 e. The van der Waals surface area contributed by atoms with Gasteiger partial charge in [0.05, 0.1) is 22.2 Å². The SMILES string of the molecule is N#Cc1c2c(c(O)c3ncc(Cc4cccc(Cl)c4F)cc13)C(=O)N1CCC[C@@H]21. The van der Waals surface area contributed by atoms with Gasteiger partial charge in [-0.1, -0.05) is 23.7 Å². The normalized spacial score (nSPS) is 17.5. The molecule has 7 heteroatoms. The summed E-state index contributed by atoms with van der Waals surface area (Å²) in [5, 5.41) is 21.2. The first kappa shape index (κ1) is 17.9. The number of carbonyl (C=O) groups is 1. The Balaban J connectivity index is 1.70. The number of nitriles is 1. The zero-order valence-corrected chi connectivity index (χ0v) is 16.0. The van der Waals surface area contributed by atoms with E-state index in [1.807, 2.05) is 0 Å². The minimum atomic E-state index is -0.487. The van der Waals surface area contributed by atoms with Gasteiger partial charge in [0.2, 0.25) is 0 Å². The van der Waals surface area contributed by atoms with Crippen LogP contribution in [0.4, 0.5) is 4.39 Å². The van der Waals surface area contributed by atoms with Crippen molar-refractivity contribution in [2.24, 2.45) is 0 Å². The molecule has 1 atom stereocenters. The van der Waals surface area contributed by atoms with E-state index in [0.717, 1.165) is 12.8 Å². The molecule has 0 saturated carbocycles. The van der Waals surface area contributed by atoms with Crippen molar-refractivity contribution in [2.45, 2.75) is 25.3 Å². The van der Waals surface area contributed by atoms with Gasteiger partial charge in [-0.3, -0.25) is 9.78 Å². The molecule has 1 saturated heterocycles. The predicted octanol–water partition coefficient (Wildman–Crippen LogP) is 4.49. The fourth-order valence-corrected chi connectivity index (χ4v) is 4.72. The third-order valence-corrected chi connectivity index (χ3v) is 6.10. The zero-order chi connectivity index (χ0) is 20.3. The van der Waals surface area contributed by atoms with E-state index in [2.05, 4.69) is 11.1 Å². The number of phenols is 1. The average Bonchev–Trinajstić information content (AvgIpc) is 3.29. The summed E-state index contributed by atoms with van der Waals surface area (Å²) in [7, 11) is 0. The first-order valence-corrected chi connectivity index (χ1v) is 9.70. The molecule has 3 heterocycles. The molecule has 1 aromatic heterocycles. The number of carbonyl (C=O) groups excluding carboxylic acids is 1. The van der Waals surface area contributed by atoms with Crippen LogP contribution in [0, 0.1) is 17.1 Å². The fraction of sp³-hybridized carbons (Fsp3) is 0.227. The van der Waals surface area contributed by atoms with Crippen LogP contribution in [0.15, 0.2) is 30.5 Å². The van der Waals surface area contributed by atoms with Gasteiger partial charge < -0.3 is 10.0 Å². The third kappa shape index (κ3) is 2.51. The van der Waals surface area contributed by atoms with Crippen molar-refractivity contribution in [3.8, 4) is 11.8 Å². The Bertz CT molecular complexity index is 1250. The Morgan fingerprint density at radius 1 is 1.41 bits per heavy atom. The number of benzene rings is 2. The van der Waals surface area contributed by atoms with Crippen LogP contribution in [0.2, 0.25) is 5.02 Å². The van der Waals surface area contributed by atoms with Crippen LogP contribution in [0.3, 0.4) is 0 Å². The fourth-order valence-electron chi connectivity index (χ4n) is 4.53. The van der Waals surface area contributed by atoms with E-state index in [1.165, 1.54) is 12.3 Å². The van der Waals surface area contributed by atoms with Crippen LogP contribution in [-0.4, -0.2) is 27.4 Å². The minimum absolute atomic E-state index is 0.0456. The molecule has 1 N–H and O–H groups in total. The number of amides is 1. The maximum atomic E-state index is 14.3. The molecular weight excluding hydrogens is 393 g/mol. The van der Waals surface area contributed by atoms with E-state index in [1.54, 1.807) is 23.1 Å². The Labute approximate surface area is 171 Å². The van der Waals surface area contributed by atoms with Crippen molar-refractivity contribution in [3.63, 3.8) is 0 Å². The molecule has 0 aliphatic carbocycles. The van der Waals surface area contributed by atoms with Gasteiger partial charge in [0.15, 0.2) is 5.75 Å². The van der Waals surface area contributed by atoms with E-state index in [4.69, 9.17) is 11.6 Å². The average molecular weight is 408 g/mol. The highest BCUT2D eigenvalue weighted by Gasteiger charge is 2.44. The number of aromatic nitrogens is 1. The number of rotatable bonds is 2. The lowest BCUT2D eigenvalue weighted by Crippen LogP contribution is -2.22. The second-order valence-electron chi connectivity index (χ2n) is 7.41. The molecule has 2 aliphatic heterocycles. The summed E-state index contributed by atoms with van der Waals surface area (Å²) >= 11 is 5.87. The Kier molecular flexibility index (Phi) is 3.97. The molecule has 1 fully saturated rings. The Morgan fingerprint density at radius 3 is 3.03 bits per heavy atom. The number of phenolic OH excluding ortho intramolecular Hbond substituents is 1. The molecule has 3 aromatic rings. The topological polar surface area (TPSA) is 77.2 Å². The molecule has 29 heavy (non-hydrogen) atoms. The third-order valence-electron chi connectivity index (χ3n) is 5.81. The van der Waals surface area contributed by atoms with Crippen LogP contribution in [0.1, 0.15) is 51.5 Å². The van der Waals surface area contributed by atoms with Crippen LogP contribution < -0.4 is 0 Å². The summed E-state index contributed by atoms with van der Waals surface area (Å²) in [5.74, 6) is -0.919. The summed E-state index contributed by atoms with van der Waals surface area (Å²) in [4.78, 5) is 18.8. The smallest absolute Gasteiger partial charge is 0.258 e. The molecule has 1 amide bonds. The molecule has 0 unspecified atom stereocenters. The highest BCUT2D eigenvalue weighted by atomic mass is 35.5. The second-order valence-corrected chi connectivity index (χ2v) is 7.82. The van der Waals surface area contributed by atoms with Crippen molar-refractivity contribution >= 4 is 28.4 Å². The Hall–Kier alpha value is -3.17. The lowest BCUT2D eigenvalue weighted by Gasteiger charge is -2.16. The van der Waals surface area contributed by atoms with Gasteiger partial charge in [0.25, 0.3) is 5.91 Å². The van der Waals surface area contributed by atoms with Crippen molar-refractivity contribution in [2.75, 3.05) is 6.54 Å². The molecule has 0 radical (unpaired) electrons. The molecular formula is C22H15ClFN3O2. The summed E-state index contributed by atoms with van der Waals surface area (Å²) < 4.78 is 14.3. The number of pyridine rings is 1. The zero-order valence-electron chi connectivity index (χ0n) is 15.2. The molecule has 144 valence electrons. The van der Waals surface area contributed by atoms with Gasteiger partial charge in [-0.05, 0) is 36.1 Å². The first-order chi connectivity index (χ1) is 14.0. The van der Waals surface area contributed by atoms with Crippen molar-refractivity contribution in [1.29, 1.82) is 5.26 Å². The summed E-state index contributed by atoms with van der Waals surface area (Å²) in [6, 6.07) is 8.58. The van der Waals surface area contributed by atoms with Crippen LogP contribution >= 0.6 is 11.6 Å². The highest BCUT2D eigenvalue weighted by molar-refractivity contribution is 6.30. The maximum absolute atomic E-state index is 14.3. The van der Waals surface area contributed by atoms with E-state index in [0.29, 0.717) is 34.2 Å². The molecule has 2 aromatic carbocycles. The van der Waals surface area contributed by atoms with E-state index in [9.17, 15) is 19.6 Å². The number of halogens is 2. The number of hydrogen-bond donors (Lipinski definition) is 1. The number of nitrogens with zero attached hydrogens (tertiary/aromatic N) is 3. The van der Waals surface area contributed by atoms with Crippen LogP contribution in [0.5, 0.6) is 5.75 Å². The second kappa shape index (κ2) is 6.43. The molecule has 2 aliphatic rings. The molecule has 0 bridgehead atoms. The number of hydrogen-bond acceptors (Lipinski definition) is 4. The van der Waals surface area contributed by atoms with Crippen molar-refractivity contribution in [3.05, 3.63) is 69.1 Å². The first-order valence-electron chi connectivity index (χ1n) is 9.32. The monoisotopic (exact) mass is 407 g/mol. The number of fused-ring (bicyclic) bond motifs is 4. The van der Waals surface area contributed by atoms with E-state index < -0.39 is 5.82 Å². The standard InChI is InChI=1S/C22H15ClFN3O2/c23-15-4-1-3-12(19(15)24)7-11-8-13-14(9-25)17-16-5-2-6-27(16)22(29)18(17)21(28)20(13)26-10-11/h1,3-4,8,10,16,28H,2,5-7H2/t16-/m0/s1. The Morgan fingerprint density at radius 2 is 2.24 bits per heavy atom. The van der Waals surface area contributed by atoms with Gasteiger partial charge in [-0.15, -0.1) is 0 Å². The largest absolute Gasteiger partial charge is 0.505 e. The molecule has 5 rings (SSSR count). The van der Waals surface area contributed by atoms with Gasteiger partial charge in [-0.2, -0.15) is 5.26 Å². The summed E-state index contributed by atoms with van der Waals surface area (Å²) in [6.07, 6.45) is 3.40. The maximum Gasteiger partial charge on any atom is 0.258 e. The quantitative estimate of drug-likeness (QED) is 0.679. The van der Waals surface area contributed by atoms with Crippen molar-refractivity contribution < 1.29 is 14.3 Å². The molecule has 0 spiro atoms. The summed E-state index contributed by atoms with van der Waals surface area (Å²) in [6.45, 7) is 0.617. The predicted molar refractivity (Wildman–Crippen MR) is 105 cm³/mol. The van der Waals surface area contributed by atoms with Gasteiger partial charge in [-0.25, -0.2) is 4.39 Å². The van der Waals surface area contributed by atoms with Crippen LogP contribution in [0.25, 0.3) is 10.9 Å². The summed E-state index contributed by atoms with van der Waals surface area (Å²) in [5.41, 5.74) is 2.45. The van der Waals surface area contributed by atoms with Gasteiger partial charge in [0, 0.05) is 30.1 Å². The van der Waals surface area contributed by atoms with E-state index >= 15 is 0 Å². The van der Waals surface area contributed by atoms with E-state index in [-0.39, 0.29) is 40.2 Å². The molecule has 5 nitrogen and oxygen atoms in total. The van der Waals surface area contributed by atoms with Gasteiger partial charge in [0.1, 0.15) is 17.4 Å². The van der Waals surface area contributed by atoms with Crippen molar-refractivity contribution in [1.82, 2.24) is 9.88 Å².